The number of quaternary nitrogens is 1. The summed E-state index contributed by atoms with van der Waals surface area (Å²) in [4.78, 5) is 0. The van der Waals surface area contributed by atoms with E-state index >= 15 is 0 Å². The predicted molar refractivity (Wildman–Crippen MR) is 56.1 cm³/mol. The van der Waals surface area contributed by atoms with Crippen LogP contribution in [0.5, 0.6) is 0 Å². The Labute approximate surface area is 77.0 Å². The Kier molecular flexibility index (Phi) is 4.91. The van der Waals surface area contributed by atoms with E-state index in [-0.39, 0.29) is 0 Å². The van der Waals surface area contributed by atoms with Crippen molar-refractivity contribution in [3.63, 3.8) is 0 Å². The second-order valence-corrected chi connectivity index (χ2v) is 3.84. The lowest BCUT2D eigenvalue weighted by Crippen LogP contribution is -2.48. The van der Waals surface area contributed by atoms with E-state index in [1.54, 1.807) is 0 Å². The molecule has 0 bridgehead atoms. The molecule has 70 valence electrons. The highest BCUT2D eigenvalue weighted by Gasteiger charge is 2.23. The van der Waals surface area contributed by atoms with Crippen molar-refractivity contribution < 1.29 is 4.48 Å². The maximum Gasteiger partial charge on any atom is 0.0969 e. The number of hydrogen-bond donors (Lipinski definition) is 0. The largest absolute Gasteiger partial charge is 0.323 e. The number of hydrogen-bond acceptors (Lipinski definition) is 0. The molecule has 0 aliphatic heterocycles. The maximum atomic E-state index is 3.79. The van der Waals surface area contributed by atoms with Crippen LogP contribution in [0.4, 0.5) is 0 Å². The Hall–Kier alpha value is -0.560. The molecule has 0 spiro atoms. The highest BCUT2D eigenvalue weighted by Crippen LogP contribution is 2.14. The van der Waals surface area contributed by atoms with E-state index in [0.29, 0.717) is 6.04 Å². The second-order valence-electron chi connectivity index (χ2n) is 3.84. The van der Waals surface area contributed by atoms with Gasteiger partial charge in [-0.15, -0.1) is 6.58 Å². The Bertz CT molecular complexity index is 147. The Balaban J connectivity index is 4.23. The van der Waals surface area contributed by atoms with Crippen LogP contribution in [-0.2, 0) is 0 Å². The molecule has 0 N–H and O–H groups in total. The molecule has 0 saturated heterocycles. The molecular weight excluding hydrogens is 146 g/mol. The first kappa shape index (κ1) is 11.4. The van der Waals surface area contributed by atoms with Gasteiger partial charge in [0.05, 0.1) is 26.7 Å². The van der Waals surface area contributed by atoms with Gasteiger partial charge in [0, 0.05) is 6.42 Å². The van der Waals surface area contributed by atoms with Crippen molar-refractivity contribution >= 4 is 0 Å². The van der Waals surface area contributed by atoms with Gasteiger partial charge in [-0.3, -0.25) is 0 Å². The Morgan fingerprint density at radius 3 is 2.17 bits per heavy atom. The van der Waals surface area contributed by atoms with Crippen LogP contribution in [-0.4, -0.2) is 31.2 Å². The summed E-state index contributed by atoms with van der Waals surface area (Å²) in [6, 6.07) is 0.681. The third kappa shape index (κ3) is 3.22. The smallest absolute Gasteiger partial charge is 0.0969 e. The minimum Gasteiger partial charge on any atom is -0.323 e. The van der Waals surface area contributed by atoms with E-state index in [4.69, 9.17) is 0 Å². The molecule has 1 heteroatoms. The van der Waals surface area contributed by atoms with Crippen molar-refractivity contribution in [3.8, 4) is 0 Å². The molecule has 1 atom stereocenters. The van der Waals surface area contributed by atoms with Crippen molar-refractivity contribution in [2.75, 3.05) is 20.6 Å². The summed E-state index contributed by atoms with van der Waals surface area (Å²) < 4.78 is 1.02. The van der Waals surface area contributed by atoms with E-state index in [0.717, 1.165) is 17.4 Å². The molecule has 0 aromatic rings. The van der Waals surface area contributed by atoms with Gasteiger partial charge in [-0.25, -0.2) is 0 Å². The third-order valence-electron chi connectivity index (χ3n) is 2.50. The lowest BCUT2D eigenvalue weighted by molar-refractivity contribution is -0.909. The van der Waals surface area contributed by atoms with Crippen molar-refractivity contribution in [2.24, 2.45) is 0 Å². The quantitative estimate of drug-likeness (QED) is 0.422. The van der Waals surface area contributed by atoms with Crippen LogP contribution in [0.25, 0.3) is 0 Å². The molecule has 0 aliphatic carbocycles. The van der Waals surface area contributed by atoms with E-state index < -0.39 is 0 Å². The molecule has 0 aromatic carbocycles. The summed E-state index contributed by atoms with van der Waals surface area (Å²) in [5.74, 6) is 0. The van der Waals surface area contributed by atoms with Gasteiger partial charge in [0.15, 0.2) is 0 Å². The third-order valence-corrected chi connectivity index (χ3v) is 2.50. The highest BCUT2D eigenvalue weighted by molar-refractivity contribution is 4.75. The minimum absolute atomic E-state index is 0.681. The van der Waals surface area contributed by atoms with Gasteiger partial charge in [0.1, 0.15) is 0 Å². The van der Waals surface area contributed by atoms with Crippen molar-refractivity contribution in [3.05, 3.63) is 25.3 Å². The van der Waals surface area contributed by atoms with Crippen LogP contribution in [0.3, 0.4) is 0 Å². The highest BCUT2D eigenvalue weighted by atomic mass is 15.3. The van der Waals surface area contributed by atoms with Gasteiger partial charge in [0.25, 0.3) is 0 Å². The second kappa shape index (κ2) is 5.15. The lowest BCUT2D eigenvalue weighted by atomic mass is 10.1. The van der Waals surface area contributed by atoms with Gasteiger partial charge in [-0.2, -0.15) is 0 Å². The summed E-state index contributed by atoms with van der Waals surface area (Å²) >= 11 is 0. The molecule has 12 heavy (non-hydrogen) atoms. The summed E-state index contributed by atoms with van der Waals surface area (Å²) in [6.45, 7) is 10.8. The molecule has 0 fully saturated rings. The van der Waals surface area contributed by atoms with Crippen LogP contribution in [0, 0.1) is 0 Å². The number of nitrogens with zero attached hydrogens (tertiary/aromatic N) is 1. The van der Waals surface area contributed by atoms with Gasteiger partial charge in [-0.1, -0.05) is 19.6 Å². The SMILES string of the molecule is C=CCC(CC)[N+](C)(C)CC=C. The first-order valence-corrected chi connectivity index (χ1v) is 4.63. The van der Waals surface area contributed by atoms with Crippen LogP contribution in [0.2, 0.25) is 0 Å². The Morgan fingerprint density at radius 1 is 1.25 bits per heavy atom. The van der Waals surface area contributed by atoms with E-state index in [1.165, 1.54) is 6.42 Å². The molecular formula is C11H22N+. The Morgan fingerprint density at radius 2 is 1.83 bits per heavy atom. The first-order chi connectivity index (χ1) is 5.58. The van der Waals surface area contributed by atoms with Gasteiger partial charge >= 0.3 is 0 Å². The molecule has 1 nitrogen and oxygen atoms in total. The van der Waals surface area contributed by atoms with E-state index in [9.17, 15) is 0 Å². The summed E-state index contributed by atoms with van der Waals surface area (Å²) in [5.41, 5.74) is 0. The number of likely N-dealkylation sites (N-methyl/N-ethyl adjacent to an activating group) is 1. The predicted octanol–water partition coefficient (Wildman–Crippen LogP) is 2.60. The van der Waals surface area contributed by atoms with Crippen molar-refractivity contribution in [1.29, 1.82) is 0 Å². The first-order valence-electron chi connectivity index (χ1n) is 4.63. The van der Waals surface area contributed by atoms with E-state index in [1.807, 2.05) is 12.2 Å². The molecule has 0 radical (unpaired) electrons. The monoisotopic (exact) mass is 168 g/mol. The fraction of sp³-hybridized carbons (Fsp3) is 0.636. The molecule has 0 aromatic heterocycles. The van der Waals surface area contributed by atoms with Crippen LogP contribution >= 0.6 is 0 Å². The molecule has 0 amide bonds. The lowest BCUT2D eigenvalue weighted by Gasteiger charge is -2.36. The summed E-state index contributed by atoms with van der Waals surface area (Å²) in [7, 11) is 4.50. The molecule has 1 unspecified atom stereocenters. The minimum atomic E-state index is 0.681. The van der Waals surface area contributed by atoms with Crippen molar-refractivity contribution in [2.45, 2.75) is 25.8 Å². The van der Waals surface area contributed by atoms with Gasteiger partial charge in [0.2, 0.25) is 0 Å². The average Bonchev–Trinajstić information content (AvgIpc) is 1.99. The molecule has 0 saturated carbocycles. The molecule has 0 heterocycles. The molecule has 0 rings (SSSR count). The topological polar surface area (TPSA) is 0 Å². The maximum absolute atomic E-state index is 3.79. The fourth-order valence-corrected chi connectivity index (χ4v) is 1.62. The van der Waals surface area contributed by atoms with Gasteiger partial charge < -0.3 is 4.48 Å². The summed E-state index contributed by atoms with van der Waals surface area (Å²) in [6.07, 6.45) is 6.30. The van der Waals surface area contributed by atoms with E-state index in [2.05, 4.69) is 34.2 Å². The number of rotatable bonds is 6. The van der Waals surface area contributed by atoms with Crippen LogP contribution < -0.4 is 0 Å². The normalized spacial score (nSPS) is 13.9. The standard InChI is InChI=1S/C11H22N/c1-6-9-11(8-3)12(4,5)10-7-2/h6-7,11H,1-2,8-10H2,3-5H3/q+1. The van der Waals surface area contributed by atoms with Crippen LogP contribution in [0.15, 0.2) is 25.3 Å². The summed E-state index contributed by atoms with van der Waals surface area (Å²) in [5, 5.41) is 0. The fourth-order valence-electron chi connectivity index (χ4n) is 1.62. The molecule has 0 aliphatic rings. The van der Waals surface area contributed by atoms with Gasteiger partial charge in [-0.05, 0) is 12.5 Å². The van der Waals surface area contributed by atoms with Crippen molar-refractivity contribution in [1.82, 2.24) is 0 Å². The van der Waals surface area contributed by atoms with Crippen LogP contribution in [0.1, 0.15) is 19.8 Å². The zero-order valence-corrected chi connectivity index (χ0v) is 8.71. The average molecular weight is 168 g/mol. The zero-order chi connectivity index (χ0) is 9.61. The zero-order valence-electron chi connectivity index (χ0n) is 8.71.